The molecule has 0 unspecified atom stereocenters. The molecule has 4 rings (SSSR count). The monoisotopic (exact) mass is 414 g/mol. The molecule has 1 aliphatic heterocycles. The number of thiazole rings is 1. The fourth-order valence-electron chi connectivity index (χ4n) is 4.73. The van der Waals surface area contributed by atoms with E-state index in [9.17, 15) is 0 Å². The first-order chi connectivity index (χ1) is 14.3. The summed E-state index contributed by atoms with van der Waals surface area (Å²) in [6, 6.07) is 9.07. The lowest BCUT2D eigenvalue weighted by atomic mass is 9.96. The number of ether oxygens (including phenoxy) is 1. The van der Waals surface area contributed by atoms with Gasteiger partial charge in [-0.05, 0) is 44.4 Å². The summed E-state index contributed by atoms with van der Waals surface area (Å²) in [4.78, 5) is 13.9. The van der Waals surface area contributed by atoms with Crippen LogP contribution in [0.2, 0.25) is 0 Å². The fraction of sp³-hybridized carbons (Fsp3) is 0.609. The Morgan fingerprint density at radius 3 is 2.79 bits per heavy atom. The Labute approximate surface area is 179 Å². The Bertz CT molecular complexity index is 772. The SMILES string of the molecule is CCCN(CCN1CCN(c2ccccc2OC)CC1)[C@H]1CCc2ncsc2C1. The zero-order valence-corrected chi connectivity index (χ0v) is 18.7. The third kappa shape index (κ3) is 4.93. The van der Waals surface area contributed by atoms with Crippen molar-refractivity contribution in [3.63, 3.8) is 0 Å². The highest BCUT2D eigenvalue weighted by Gasteiger charge is 2.26. The van der Waals surface area contributed by atoms with Crippen LogP contribution in [0.25, 0.3) is 0 Å². The molecule has 1 aliphatic carbocycles. The summed E-state index contributed by atoms with van der Waals surface area (Å²) in [5, 5.41) is 0. The molecule has 0 saturated carbocycles. The molecule has 0 N–H and O–H groups in total. The normalized spacial score (nSPS) is 20.1. The molecule has 2 aliphatic rings. The number of hydrogen-bond donors (Lipinski definition) is 0. The summed E-state index contributed by atoms with van der Waals surface area (Å²) >= 11 is 1.85. The van der Waals surface area contributed by atoms with Gasteiger partial charge in [-0.3, -0.25) is 9.80 Å². The van der Waals surface area contributed by atoms with Gasteiger partial charge in [0.2, 0.25) is 0 Å². The molecule has 158 valence electrons. The van der Waals surface area contributed by atoms with Crippen molar-refractivity contribution < 1.29 is 4.74 Å². The summed E-state index contributed by atoms with van der Waals surface area (Å²) < 4.78 is 5.55. The molecular formula is C23H34N4OS. The number of fused-ring (bicyclic) bond motifs is 1. The number of rotatable bonds is 8. The number of hydrogen-bond acceptors (Lipinski definition) is 6. The number of aromatic nitrogens is 1. The van der Waals surface area contributed by atoms with Gasteiger partial charge < -0.3 is 9.64 Å². The third-order valence-corrected chi connectivity index (χ3v) is 7.29. The van der Waals surface area contributed by atoms with E-state index in [2.05, 4.69) is 44.8 Å². The van der Waals surface area contributed by atoms with Gasteiger partial charge in [0.25, 0.3) is 0 Å². The van der Waals surface area contributed by atoms with E-state index in [4.69, 9.17) is 4.74 Å². The average Bonchev–Trinajstić information content (AvgIpc) is 3.25. The quantitative estimate of drug-likeness (QED) is 0.660. The molecule has 1 fully saturated rings. The van der Waals surface area contributed by atoms with Crippen LogP contribution in [0.4, 0.5) is 5.69 Å². The number of nitrogens with zero attached hydrogens (tertiary/aromatic N) is 4. The highest BCUT2D eigenvalue weighted by Crippen LogP contribution is 2.29. The Hall–Kier alpha value is -1.63. The van der Waals surface area contributed by atoms with Crippen LogP contribution >= 0.6 is 11.3 Å². The Morgan fingerprint density at radius 1 is 1.17 bits per heavy atom. The van der Waals surface area contributed by atoms with Crippen LogP contribution in [-0.4, -0.2) is 73.7 Å². The van der Waals surface area contributed by atoms with E-state index in [0.717, 1.165) is 38.3 Å². The minimum Gasteiger partial charge on any atom is -0.495 e. The molecule has 1 aromatic heterocycles. The van der Waals surface area contributed by atoms with Crippen LogP contribution in [0.5, 0.6) is 5.75 Å². The minimum absolute atomic E-state index is 0.692. The lowest BCUT2D eigenvalue weighted by Gasteiger charge is -2.39. The summed E-state index contributed by atoms with van der Waals surface area (Å²) in [6.45, 7) is 10.3. The van der Waals surface area contributed by atoms with Crippen molar-refractivity contribution in [1.29, 1.82) is 0 Å². The molecular weight excluding hydrogens is 380 g/mol. The largest absolute Gasteiger partial charge is 0.495 e. The van der Waals surface area contributed by atoms with Gasteiger partial charge >= 0.3 is 0 Å². The molecule has 1 saturated heterocycles. The first-order valence-corrected chi connectivity index (χ1v) is 11.9. The van der Waals surface area contributed by atoms with Crippen LogP contribution in [0.1, 0.15) is 30.3 Å². The van der Waals surface area contributed by atoms with E-state index >= 15 is 0 Å². The zero-order chi connectivity index (χ0) is 20.1. The molecule has 1 atom stereocenters. The van der Waals surface area contributed by atoms with E-state index < -0.39 is 0 Å². The van der Waals surface area contributed by atoms with Crippen LogP contribution in [0.3, 0.4) is 0 Å². The Morgan fingerprint density at radius 2 is 2.00 bits per heavy atom. The topological polar surface area (TPSA) is 31.8 Å². The van der Waals surface area contributed by atoms with Gasteiger partial charge in [0.1, 0.15) is 5.75 Å². The minimum atomic E-state index is 0.692. The van der Waals surface area contributed by atoms with Gasteiger partial charge in [-0.15, -0.1) is 11.3 Å². The molecule has 0 amide bonds. The summed E-state index contributed by atoms with van der Waals surface area (Å²) in [7, 11) is 1.76. The first kappa shape index (κ1) is 20.6. The van der Waals surface area contributed by atoms with E-state index in [0.29, 0.717) is 6.04 Å². The van der Waals surface area contributed by atoms with Crippen LogP contribution in [0.15, 0.2) is 29.8 Å². The molecule has 0 spiro atoms. The maximum absolute atomic E-state index is 5.55. The number of benzene rings is 1. The van der Waals surface area contributed by atoms with E-state index in [1.54, 1.807) is 7.11 Å². The molecule has 0 radical (unpaired) electrons. The summed E-state index contributed by atoms with van der Waals surface area (Å²) in [5.41, 5.74) is 4.61. The second-order valence-electron chi connectivity index (χ2n) is 8.16. The first-order valence-electron chi connectivity index (χ1n) is 11.0. The molecule has 0 bridgehead atoms. The number of anilines is 1. The van der Waals surface area contributed by atoms with Gasteiger partial charge in [-0.1, -0.05) is 19.1 Å². The van der Waals surface area contributed by atoms with Crippen molar-refractivity contribution in [3.05, 3.63) is 40.3 Å². The third-order valence-electron chi connectivity index (χ3n) is 6.39. The standard InChI is InChI=1S/C23H34N4OS/c1-3-10-26(19-8-9-20-23(17-19)29-18-24-20)14-11-25-12-15-27(16-13-25)21-6-4-5-7-22(21)28-2/h4-7,18-19H,3,8-17H2,1-2H3/t19-/m0/s1. The highest BCUT2D eigenvalue weighted by atomic mass is 32.1. The van der Waals surface area contributed by atoms with Crippen LogP contribution < -0.4 is 9.64 Å². The smallest absolute Gasteiger partial charge is 0.142 e. The molecule has 1 aromatic carbocycles. The average molecular weight is 415 g/mol. The Balaban J connectivity index is 1.28. The number of para-hydroxylation sites is 2. The van der Waals surface area contributed by atoms with Gasteiger partial charge in [0.05, 0.1) is 24.0 Å². The molecule has 2 aromatic rings. The molecule has 6 heteroatoms. The van der Waals surface area contributed by atoms with Crippen molar-refractivity contribution in [3.8, 4) is 5.75 Å². The van der Waals surface area contributed by atoms with E-state index in [1.807, 2.05) is 22.9 Å². The lowest BCUT2D eigenvalue weighted by Crippen LogP contribution is -2.50. The van der Waals surface area contributed by atoms with Crippen LogP contribution in [0, 0.1) is 0 Å². The van der Waals surface area contributed by atoms with Crippen molar-refractivity contribution >= 4 is 17.0 Å². The lowest BCUT2D eigenvalue weighted by molar-refractivity contribution is 0.146. The zero-order valence-electron chi connectivity index (χ0n) is 17.8. The van der Waals surface area contributed by atoms with Gasteiger partial charge in [0.15, 0.2) is 0 Å². The highest BCUT2D eigenvalue weighted by molar-refractivity contribution is 7.09. The number of methoxy groups -OCH3 is 1. The Kier molecular flexibility index (Phi) is 7.06. The maximum atomic E-state index is 5.55. The van der Waals surface area contributed by atoms with Crippen molar-refractivity contribution in [2.45, 2.75) is 38.6 Å². The van der Waals surface area contributed by atoms with Gasteiger partial charge in [-0.2, -0.15) is 0 Å². The molecule has 5 nitrogen and oxygen atoms in total. The second-order valence-corrected chi connectivity index (χ2v) is 9.09. The predicted molar refractivity (Wildman–Crippen MR) is 121 cm³/mol. The summed E-state index contributed by atoms with van der Waals surface area (Å²) in [6.07, 6.45) is 4.84. The second kappa shape index (κ2) is 9.92. The van der Waals surface area contributed by atoms with Crippen molar-refractivity contribution in [2.24, 2.45) is 0 Å². The fourth-order valence-corrected chi connectivity index (χ4v) is 5.62. The number of piperazine rings is 1. The van der Waals surface area contributed by atoms with Crippen LogP contribution in [-0.2, 0) is 12.8 Å². The maximum Gasteiger partial charge on any atom is 0.142 e. The molecule has 2 heterocycles. The van der Waals surface area contributed by atoms with Gasteiger partial charge in [0, 0.05) is 50.2 Å². The van der Waals surface area contributed by atoms with E-state index in [1.165, 1.54) is 55.2 Å². The number of aryl methyl sites for hydroxylation is 1. The molecule has 29 heavy (non-hydrogen) atoms. The predicted octanol–water partition coefficient (Wildman–Crippen LogP) is 3.54. The van der Waals surface area contributed by atoms with Crippen molar-refractivity contribution in [1.82, 2.24) is 14.8 Å². The van der Waals surface area contributed by atoms with Gasteiger partial charge in [-0.25, -0.2) is 4.98 Å². The summed E-state index contributed by atoms with van der Waals surface area (Å²) in [5.74, 6) is 0.981. The van der Waals surface area contributed by atoms with Crippen molar-refractivity contribution in [2.75, 3.05) is 57.8 Å². The van der Waals surface area contributed by atoms with E-state index in [-0.39, 0.29) is 0 Å².